The normalized spacial score (nSPS) is 13.5. The molecular formula is C23H23N5O4. The number of nitrogens with one attached hydrogen (secondary N) is 2. The van der Waals surface area contributed by atoms with E-state index >= 15 is 0 Å². The van der Waals surface area contributed by atoms with Gasteiger partial charge in [-0.15, -0.1) is 0 Å². The minimum atomic E-state index is -0.314. The van der Waals surface area contributed by atoms with Gasteiger partial charge in [0.1, 0.15) is 5.69 Å². The summed E-state index contributed by atoms with van der Waals surface area (Å²) in [6, 6.07) is 12.9. The molecule has 0 saturated carbocycles. The molecule has 0 bridgehead atoms. The largest absolute Gasteiger partial charge is 0.493 e. The Balaban J connectivity index is 1.52. The quantitative estimate of drug-likeness (QED) is 0.595. The molecule has 1 aliphatic heterocycles. The number of hydrazone groups is 1. The molecular weight excluding hydrogens is 410 g/mol. The van der Waals surface area contributed by atoms with Crippen LogP contribution in [0.1, 0.15) is 34.5 Å². The van der Waals surface area contributed by atoms with Crippen LogP contribution in [-0.4, -0.2) is 46.7 Å². The van der Waals surface area contributed by atoms with Crippen LogP contribution in [0.4, 0.5) is 5.69 Å². The smallest absolute Gasteiger partial charge is 0.275 e. The maximum atomic E-state index is 12.5. The zero-order valence-corrected chi connectivity index (χ0v) is 17.8. The lowest BCUT2D eigenvalue weighted by molar-refractivity contribution is -0.132. The van der Waals surface area contributed by atoms with Crippen LogP contribution in [0.3, 0.4) is 0 Å². The summed E-state index contributed by atoms with van der Waals surface area (Å²) >= 11 is 0. The number of aromatic nitrogens is 2. The lowest BCUT2D eigenvalue weighted by atomic mass is 10.0. The molecule has 2 amide bonds. The molecule has 1 aliphatic rings. The van der Waals surface area contributed by atoms with Crippen LogP contribution in [0.2, 0.25) is 0 Å². The number of carbonyl (C=O) groups excluding carboxylic acids is 2. The first-order valence-corrected chi connectivity index (χ1v) is 10.1. The minimum absolute atomic E-state index is 0.0554. The van der Waals surface area contributed by atoms with Crippen LogP contribution >= 0.6 is 0 Å². The van der Waals surface area contributed by atoms with Crippen molar-refractivity contribution in [2.45, 2.75) is 19.4 Å². The Labute approximate surface area is 185 Å². The molecule has 9 nitrogen and oxygen atoms in total. The highest BCUT2D eigenvalue weighted by Gasteiger charge is 2.22. The zero-order valence-electron chi connectivity index (χ0n) is 17.8. The number of aromatic amines is 1. The van der Waals surface area contributed by atoms with Gasteiger partial charge >= 0.3 is 0 Å². The molecule has 2 aromatic carbocycles. The molecule has 9 heteroatoms. The van der Waals surface area contributed by atoms with Crippen molar-refractivity contribution < 1.29 is 19.1 Å². The molecule has 2 heterocycles. The van der Waals surface area contributed by atoms with Gasteiger partial charge in [0.15, 0.2) is 11.5 Å². The van der Waals surface area contributed by atoms with Gasteiger partial charge in [-0.05, 0) is 35.9 Å². The van der Waals surface area contributed by atoms with Gasteiger partial charge in [-0.25, -0.2) is 9.99 Å². The molecule has 0 unspecified atom stereocenters. The number of carbonyl (C=O) groups is 2. The molecule has 0 fully saturated rings. The minimum Gasteiger partial charge on any atom is -0.493 e. The summed E-state index contributed by atoms with van der Waals surface area (Å²) in [5.41, 5.74) is 3.43. The van der Waals surface area contributed by atoms with E-state index < -0.39 is 0 Å². The highest BCUT2D eigenvalue weighted by Crippen LogP contribution is 2.29. The number of hydrogen-bond donors (Lipinski definition) is 2. The van der Waals surface area contributed by atoms with E-state index in [9.17, 15) is 9.59 Å². The Hall–Kier alpha value is -4.14. The maximum absolute atomic E-state index is 12.5. The molecule has 4 rings (SSSR count). The first kappa shape index (κ1) is 21.1. The predicted octanol–water partition coefficient (Wildman–Crippen LogP) is 3.21. The Morgan fingerprint density at radius 3 is 2.72 bits per heavy atom. The van der Waals surface area contributed by atoms with Crippen molar-refractivity contribution in [1.29, 1.82) is 0 Å². The van der Waals surface area contributed by atoms with E-state index in [1.54, 1.807) is 20.3 Å². The Morgan fingerprint density at radius 2 is 1.97 bits per heavy atom. The van der Waals surface area contributed by atoms with Crippen molar-refractivity contribution in [2.24, 2.45) is 5.10 Å². The number of hydrogen-bond acceptors (Lipinski definition) is 6. The summed E-state index contributed by atoms with van der Waals surface area (Å²) < 4.78 is 10.7. The third-order valence-electron chi connectivity index (χ3n) is 5.07. The number of rotatable bonds is 7. The van der Waals surface area contributed by atoms with Crippen LogP contribution in [0.5, 0.6) is 11.5 Å². The molecule has 32 heavy (non-hydrogen) atoms. The number of ether oxygens (including phenoxy) is 2. The summed E-state index contributed by atoms with van der Waals surface area (Å²) in [7, 11) is 3.17. The number of H-pyrrole nitrogens is 1. The van der Waals surface area contributed by atoms with E-state index in [1.165, 1.54) is 17.5 Å². The molecule has 2 N–H and O–H groups in total. The van der Waals surface area contributed by atoms with E-state index in [2.05, 4.69) is 20.4 Å². The van der Waals surface area contributed by atoms with Gasteiger partial charge in [-0.3, -0.25) is 9.59 Å². The fraction of sp³-hybridized carbons (Fsp3) is 0.217. The number of methoxy groups -OCH3 is 2. The molecule has 3 aromatic rings. The highest BCUT2D eigenvalue weighted by atomic mass is 16.5. The van der Waals surface area contributed by atoms with Gasteiger partial charge < -0.3 is 19.8 Å². The fourth-order valence-corrected chi connectivity index (χ4v) is 3.45. The van der Waals surface area contributed by atoms with Gasteiger partial charge in [0.2, 0.25) is 5.91 Å². The van der Waals surface area contributed by atoms with Crippen molar-refractivity contribution in [3.8, 4) is 11.5 Å². The van der Waals surface area contributed by atoms with E-state index in [0.29, 0.717) is 42.3 Å². The van der Waals surface area contributed by atoms with E-state index in [0.717, 1.165) is 16.8 Å². The van der Waals surface area contributed by atoms with Gasteiger partial charge in [0.25, 0.3) is 5.91 Å². The maximum Gasteiger partial charge on any atom is 0.275 e. The van der Waals surface area contributed by atoms with Crippen molar-refractivity contribution >= 4 is 23.2 Å². The zero-order chi connectivity index (χ0) is 22.5. The lowest BCUT2D eigenvalue weighted by Crippen LogP contribution is -2.31. The molecule has 0 radical (unpaired) electrons. The average Bonchev–Trinajstić information content (AvgIpc) is 3.35. The topological polar surface area (TPSA) is 109 Å². The van der Waals surface area contributed by atoms with Crippen molar-refractivity contribution in [3.05, 3.63) is 71.8 Å². The van der Waals surface area contributed by atoms with Gasteiger partial charge in [-0.2, -0.15) is 5.10 Å². The van der Waals surface area contributed by atoms with E-state index in [4.69, 9.17) is 9.47 Å². The monoisotopic (exact) mass is 433 g/mol. The summed E-state index contributed by atoms with van der Waals surface area (Å²) in [5.74, 6) is 0.872. The number of anilines is 1. The van der Waals surface area contributed by atoms with Crippen LogP contribution in [0, 0.1) is 0 Å². The van der Waals surface area contributed by atoms with Crippen LogP contribution in [-0.2, 0) is 11.3 Å². The molecule has 0 spiro atoms. The number of benzene rings is 2. The SMILES string of the molecule is COc1ccc(C2=NN(Cc3cccc(NC(=O)c4c[nH]cn4)c3)C(=O)CC2)cc1OC. The molecule has 0 atom stereocenters. The van der Waals surface area contributed by atoms with Gasteiger partial charge in [0, 0.05) is 30.3 Å². The van der Waals surface area contributed by atoms with E-state index in [-0.39, 0.29) is 11.8 Å². The molecule has 1 aromatic heterocycles. The Kier molecular flexibility index (Phi) is 6.16. The van der Waals surface area contributed by atoms with Crippen molar-refractivity contribution in [2.75, 3.05) is 19.5 Å². The Bertz CT molecular complexity index is 1160. The second-order valence-corrected chi connectivity index (χ2v) is 7.18. The third kappa shape index (κ3) is 4.61. The number of nitrogens with zero attached hydrogens (tertiary/aromatic N) is 3. The third-order valence-corrected chi connectivity index (χ3v) is 5.07. The number of imidazole rings is 1. The summed E-state index contributed by atoms with van der Waals surface area (Å²) in [6.07, 6.45) is 3.88. The van der Waals surface area contributed by atoms with Gasteiger partial charge in [-0.1, -0.05) is 12.1 Å². The highest BCUT2D eigenvalue weighted by molar-refractivity contribution is 6.04. The molecule has 164 valence electrons. The molecule has 0 saturated heterocycles. The average molecular weight is 433 g/mol. The summed E-state index contributed by atoms with van der Waals surface area (Å²) in [6.45, 7) is 0.293. The number of amides is 2. The van der Waals surface area contributed by atoms with Crippen LogP contribution in [0.15, 0.2) is 60.1 Å². The Morgan fingerprint density at radius 1 is 1.12 bits per heavy atom. The second-order valence-electron chi connectivity index (χ2n) is 7.18. The first-order valence-electron chi connectivity index (χ1n) is 10.1. The van der Waals surface area contributed by atoms with Crippen LogP contribution < -0.4 is 14.8 Å². The standard InChI is InChI=1S/C23H23N5O4/c1-31-20-8-6-16(11-21(20)32-2)18-7-9-22(29)28(27-18)13-15-4-3-5-17(10-15)26-23(30)19-12-24-14-25-19/h3-6,8,10-12,14H,7,9,13H2,1-2H3,(H,24,25)(H,26,30). The van der Waals surface area contributed by atoms with Crippen molar-refractivity contribution in [3.63, 3.8) is 0 Å². The predicted molar refractivity (Wildman–Crippen MR) is 119 cm³/mol. The van der Waals surface area contributed by atoms with E-state index in [1.807, 2.05) is 36.4 Å². The van der Waals surface area contributed by atoms with Crippen LogP contribution in [0.25, 0.3) is 0 Å². The van der Waals surface area contributed by atoms with Gasteiger partial charge in [0.05, 0.1) is 32.8 Å². The lowest BCUT2D eigenvalue weighted by Gasteiger charge is -2.24. The summed E-state index contributed by atoms with van der Waals surface area (Å²) in [4.78, 5) is 31.4. The van der Waals surface area contributed by atoms with Crippen molar-refractivity contribution in [1.82, 2.24) is 15.0 Å². The fourth-order valence-electron chi connectivity index (χ4n) is 3.45. The first-order chi connectivity index (χ1) is 15.6. The molecule has 0 aliphatic carbocycles. The second kappa shape index (κ2) is 9.34. The summed E-state index contributed by atoms with van der Waals surface area (Å²) in [5, 5.41) is 8.86.